The van der Waals surface area contributed by atoms with Gasteiger partial charge in [-0.15, -0.1) is 0 Å². The van der Waals surface area contributed by atoms with Crippen molar-refractivity contribution in [3.8, 4) is 28.3 Å². The summed E-state index contributed by atoms with van der Waals surface area (Å²) >= 11 is 0. The molecule has 6 heteroatoms. The second-order valence-corrected chi connectivity index (χ2v) is 7.53. The Morgan fingerprint density at radius 3 is 2.42 bits per heavy atom. The maximum Gasteiger partial charge on any atom is 0.305 e. The van der Waals surface area contributed by atoms with E-state index in [2.05, 4.69) is 17.4 Å². The van der Waals surface area contributed by atoms with E-state index in [0.29, 0.717) is 31.8 Å². The lowest BCUT2D eigenvalue weighted by Crippen LogP contribution is -2.09. The molecule has 0 bridgehead atoms. The average Bonchev–Trinajstić information content (AvgIpc) is 2.86. The Labute approximate surface area is 193 Å². The van der Waals surface area contributed by atoms with Crippen molar-refractivity contribution in [2.24, 2.45) is 0 Å². The second kappa shape index (κ2) is 10.6. The van der Waals surface area contributed by atoms with E-state index in [1.807, 2.05) is 67.6 Å². The molecule has 0 saturated carbocycles. The Balaban J connectivity index is 1.58. The summed E-state index contributed by atoms with van der Waals surface area (Å²) in [6.45, 7) is 2.83. The predicted octanol–water partition coefficient (Wildman–Crippen LogP) is 5.73. The minimum absolute atomic E-state index is 0.178. The van der Waals surface area contributed by atoms with Gasteiger partial charge in [0.15, 0.2) is 5.82 Å². The zero-order chi connectivity index (χ0) is 23.0. The molecule has 0 radical (unpaired) electrons. The lowest BCUT2D eigenvalue weighted by atomic mass is 10.0. The van der Waals surface area contributed by atoms with Crippen LogP contribution in [0.4, 0.5) is 5.82 Å². The van der Waals surface area contributed by atoms with Gasteiger partial charge in [-0.25, -0.2) is 9.97 Å². The Bertz CT molecular complexity index is 1240. The van der Waals surface area contributed by atoms with Crippen molar-refractivity contribution in [1.29, 1.82) is 0 Å². The standard InChI is InChI=1S/C27H27N3O3/c1-3-33-25(31)13-8-18-28-27-22-10-4-6-11-23(22)29-26(30-27)20-16-14-19(15-17-20)21-9-5-7-12-24(21)32-2/h4-7,9-12,14-17H,3,8,13,18H2,1-2H3,(H,28,29,30). The van der Waals surface area contributed by atoms with Gasteiger partial charge in [0, 0.05) is 29.5 Å². The van der Waals surface area contributed by atoms with Gasteiger partial charge in [-0.2, -0.15) is 0 Å². The SMILES string of the molecule is CCOC(=O)CCCNc1nc(-c2ccc(-c3ccccc3OC)cc2)nc2ccccc12. The average molecular weight is 442 g/mol. The number of esters is 1. The van der Waals surface area contributed by atoms with E-state index in [-0.39, 0.29) is 5.97 Å². The third kappa shape index (κ3) is 5.29. The molecule has 4 aromatic rings. The maximum absolute atomic E-state index is 11.6. The fourth-order valence-electron chi connectivity index (χ4n) is 3.70. The highest BCUT2D eigenvalue weighted by Crippen LogP contribution is 2.31. The highest BCUT2D eigenvalue weighted by atomic mass is 16.5. The summed E-state index contributed by atoms with van der Waals surface area (Å²) in [7, 11) is 1.68. The number of nitrogens with zero attached hydrogens (tertiary/aromatic N) is 2. The molecule has 0 saturated heterocycles. The van der Waals surface area contributed by atoms with Gasteiger partial charge in [0.1, 0.15) is 11.6 Å². The molecule has 6 nitrogen and oxygen atoms in total. The van der Waals surface area contributed by atoms with Crippen molar-refractivity contribution in [2.75, 3.05) is 25.6 Å². The first-order valence-electron chi connectivity index (χ1n) is 11.1. The molecule has 1 N–H and O–H groups in total. The Kier molecular flexibility index (Phi) is 7.15. The van der Waals surface area contributed by atoms with Gasteiger partial charge >= 0.3 is 5.97 Å². The molecule has 4 rings (SSSR count). The van der Waals surface area contributed by atoms with Gasteiger partial charge in [0.2, 0.25) is 0 Å². The molecule has 1 heterocycles. The van der Waals surface area contributed by atoms with E-state index < -0.39 is 0 Å². The minimum Gasteiger partial charge on any atom is -0.496 e. The number of carbonyl (C=O) groups is 1. The topological polar surface area (TPSA) is 73.3 Å². The summed E-state index contributed by atoms with van der Waals surface area (Å²) in [5.41, 5.74) is 3.89. The van der Waals surface area contributed by atoms with E-state index in [9.17, 15) is 4.79 Å². The Morgan fingerprint density at radius 2 is 1.64 bits per heavy atom. The summed E-state index contributed by atoms with van der Waals surface area (Å²) in [6, 6.07) is 24.0. The summed E-state index contributed by atoms with van der Waals surface area (Å²) in [5.74, 6) is 2.06. The monoisotopic (exact) mass is 441 g/mol. The molecule has 0 spiro atoms. The van der Waals surface area contributed by atoms with Crippen molar-refractivity contribution in [3.63, 3.8) is 0 Å². The molecule has 0 atom stereocenters. The number of hydrogen-bond donors (Lipinski definition) is 1. The number of carbonyl (C=O) groups excluding carboxylic acids is 1. The van der Waals surface area contributed by atoms with E-state index in [1.54, 1.807) is 7.11 Å². The van der Waals surface area contributed by atoms with Gasteiger partial charge in [-0.05, 0) is 37.1 Å². The number of rotatable bonds is 9. The first kappa shape index (κ1) is 22.3. The van der Waals surface area contributed by atoms with Crippen molar-refractivity contribution in [1.82, 2.24) is 9.97 Å². The predicted molar refractivity (Wildman–Crippen MR) is 131 cm³/mol. The second-order valence-electron chi connectivity index (χ2n) is 7.53. The third-order valence-electron chi connectivity index (χ3n) is 5.32. The number of fused-ring (bicyclic) bond motifs is 1. The maximum atomic E-state index is 11.6. The number of hydrogen-bond acceptors (Lipinski definition) is 6. The number of aromatic nitrogens is 2. The lowest BCUT2D eigenvalue weighted by Gasteiger charge is -2.12. The van der Waals surface area contributed by atoms with Crippen LogP contribution >= 0.6 is 0 Å². The van der Waals surface area contributed by atoms with Crippen LogP contribution in [0.2, 0.25) is 0 Å². The lowest BCUT2D eigenvalue weighted by molar-refractivity contribution is -0.143. The highest BCUT2D eigenvalue weighted by Gasteiger charge is 2.11. The first-order chi connectivity index (χ1) is 16.2. The van der Waals surface area contributed by atoms with Gasteiger partial charge in [0.25, 0.3) is 0 Å². The number of methoxy groups -OCH3 is 1. The van der Waals surface area contributed by atoms with E-state index in [1.165, 1.54) is 0 Å². The Hall–Kier alpha value is -3.93. The van der Waals surface area contributed by atoms with E-state index in [0.717, 1.165) is 39.2 Å². The normalized spacial score (nSPS) is 10.7. The first-order valence-corrected chi connectivity index (χ1v) is 11.1. The van der Waals surface area contributed by atoms with Gasteiger partial charge < -0.3 is 14.8 Å². The van der Waals surface area contributed by atoms with Gasteiger partial charge in [-0.3, -0.25) is 4.79 Å². The number of nitrogens with one attached hydrogen (secondary N) is 1. The fraction of sp³-hybridized carbons (Fsp3) is 0.222. The van der Waals surface area contributed by atoms with Crippen LogP contribution in [0.3, 0.4) is 0 Å². The molecule has 1 aromatic heterocycles. The van der Waals surface area contributed by atoms with E-state index in [4.69, 9.17) is 19.4 Å². The summed E-state index contributed by atoms with van der Waals surface area (Å²) < 4.78 is 10.5. The van der Waals surface area contributed by atoms with Crippen molar-refractivity contribution in [2.45, 2.75) is 19.8 Å². The molecule has 0 aliphatic carbocycles. The zero-order valence-electron chi connectivity index (χ0n) is 18.9. The highest BCUT2D eigenvalue weighted by molar-refractivity contribution is 5.90. The smallest absolute Gasteiger partial charge is 0.305 e. The van der Waals surface area contributed by atoms with Crippen LogP contribution in [0.25, 0.3) is 33.4 Å². The van der Waals surface area contributed by atoms with Crippen molar-refractivity contribution < 1.29 is 14.3 Å². The van der Waals surface area contributed by atoms with Crippen LogP contribution in [-0.2, 0) is 9.53 Å². The molecule has 0 unspecified atom stereocenters. The van der Waals surface area contributed by atoms with Crippen LogP contribution in [0.1, 0.15) is 19.8 Å². The molecule has 3 aromatic carbocycles. The molecular formula is C27H27N3O3. The number of ether oxygens (including phenoxy) is 2. The molecule has 0 fully saturated rings. The van der Waals surface area contributed by atoms with Crippen LogP contribution in [-0.4, -0.2) is 36.2 Å². The van der Waals surface area contributed by atoms with E-state index >= 15 is 0 Å². The van der Waals surface area contributed by atoms with Crippen molar-refractivity contribution in [3.05, 3.63) is 72.8 Å². The molecule has 168 valence electrons. The number of anilines is 1. The van der Waals surface area contributed by atoms with Crippen LogP contribution < -0.4 is 10.1 Å². The fourth-order valence-corrected chi connectivity index (χ4v) is 3.70. The van der Waals surface area contributed by atoms with Crippen molar-refractivity contribution >= 4 is 22.7 Å². The molecule has 0 amide bonds. The molecular weight excluding hydrogens is 414 g/mol. The van der Waals surface area contributed by atoms with Crippen LogP contribution in [0.15, 0.2) is 72.8 Å². The van der Waals surface area contributed by atoms with Gasteiger partial charge in [0.05, 0.1) is 19.2 Å². The quantitative estimate of drug-likeness (QED) is 0.264. The summed E-state index contributed by atoms with van der Waals surface area (Å²) in [6.07, 6.45) is 1.04. The zero-order valence-corrected chi connectivity index (χ0v) is 18.9. The van der Waals surface area contributed by atoms with Crippen LogP contribution in [0, 0.1) is 0 Å². The third-order valence-corrected chi connectivity index (χ3v) is 5.32. The minimum atomic E-state index is -0.178. The largest absolute Gasteiger partial charge is 0.496 e. The molecule has 0 aliphatic heterocycles. The number of para-hydroxylation sites is 2. The molecule has 33 heavy (non-hydrogen) atoms. The summed E-state index contributed by atoms with van der Waals surface area (Å²) in [5, 5.41) is 4.32. The number of benzene rings is 3. The van der Waals surface area contributed by atoms with Crippen LogP contribution in [0.5, 0.6) is 5.75 Å². The summed E-state index contributed by atoms with van der Waals surface area (Å²) in [4.78, 5) is 21.2. The van der Waals surface area contributed by atoms with Gasteiger partial charge in [-0.1, -0.05) is 54.6 Å². The molecule has 0 aliphatic rings. The Morgan fingerprint density at radius 1 is 0.909 bits per heavy atom.